The molecule has 0 radical (unpaired) electrons. The molecule has 0 spiro atoms. The topological polar surface area (TPSA) is 91.7 Å². The number of carbonyl (C=O) groups is 1. The minimum absolute atomic E-state index is 0.0271. The predicted octanol–water partition coefficient (Wildman–Crippen LogP) is 2.16. The summed E-state index contributed by atoms with van der Waals surface area (Å²) in [6.07, 6.45) is 11.2. The maximum atomic E-state index is 12.8. The number of hydrogen-bond acceptors (Lipinski definition) is 4. The van der Waals surface area contributed by atoms with Crippen molar-refractivity contribution in [1.82, 2.24) is 34.9 Å². The van der Waals surface area contributed by atoms with Crippen LogP contribution in [0.3, 0.4) is 0 Å². The molecule has 2 aliphatic rings. The summed E-state index contributed by atoms with van der Waals surface area (Å²) in [4.78, 5) is 22.1. The summed E-state index contributed by atoms with van der Waals surface area (Å²) < 4.78 is 2.17. The molecule has 4 rings (SSSR count). The monoisotopic (exact) mass is 343 g/mol. The van der Waals surface area contributed by atoms with Crippen LogP contribution in [0.1, 0.15) is 62.0 Å². The summed E-state index contributed by atoms with van der Waals surface area (Å²) in [6.45, 7) is 2.13. The lowest BCUT2D eigenvalue weighted by Crippen LogP contribution is -2.45. The third-order valence-electron chi connectivity index (χ3n) is 5.18. The first kappa shape index (κ1) is 16.1. The summed E-state index contributed by atoms with van der Waals surface area (Å²) in [5.41, 5.74) is 0. The first-order valence-corrected chi connectivity index (χ1v) is 9.27. The van der Waals surface area contributed by atoms with E-state index in [0.717, 1.165) is 62.7 Å². The average molecular weight is 343 g/mol. The van der Waals surface area contributed by atoms with E-state index in [0.29, 0.717) is 6.54 Å². The molecule has 2 aromatic rings. The van der Waals surface area contributed by atoms with Crippen molar-refractivity contribution in [3.8, 4) is 0 Å². The molecule has 2 amide bonds. The van der Waals surface area contributed by atoms with Crippen LogP contribution in [-0.4, -0.2) is 42.2 Å². The fourth-order valence-electron chi connectivity index (χ4n) is 3.85. The summed E-state index contributed by atoms with van der Waals surface area (Å²) in [5, 5.41) is 11.6. The van der Waals surface area contributed by atoms with Crippen molar-refractivity contribution < 1.29 is 4.79 Å². The summed E-state index contributed by atoms with van der Waals surface area (Å²) in [7, 11) is 0. The van der Waals surface area contributed by atoms with Crippen LogP contribution < -0.4 is 5.32 Å². The minimum atomic E-state index is -0.0490. The van der Waals surface area contributed by atoms with Gasteiger partial charge in [-0.25, -0.2) is 9.78 Å². The van der Waals surface area contributed by atoms with E-state index in [9.17, 15) is 4.79 Å². The molecule has 2 N–H and O–H groups in total. The Labute approximate surface area is 147 Å². The first-order chi connectivity index (χ1) is 12.3. The number of aromatic amines is 1. The molecule has 1 fully saturated rings. The fourth-order valence-corrected chi connectivity index (χ4v) is 3.85. The van der Waals surface area contributed by atoms with Gasteiger partial charge in [-0.05, 0) is 32.1 Å². The van der Waals surface area contributed by atoms with Gasteiger partial charge in [0.2, 0.25) is 0 Å². The molecule has 0 unspecified atom stereocenters. The second kappa shape index (κ2) is 7.25. The Kier molecular flexibility index (Phi) is 4.67. The van der Waals surface area contributed by atoms with Crippen LogP contribution in [0.5, 0.6) is 0 Å². The zero-order chi connectivity index (χ0) is 17.1. The molecule has 8 heteroatoms. The standard InChI is InChI=1S/C17H25N7O/c25-17(23-10-5-3-6-13(23)16-18-8-9-19-16)20-12-15-22-21-14-7-2-1-4-11-24(14)15/h8-9,13H,1-7,10-12H2,(H,18,19)(H,20,25)/t13-/m1/s1. The molecule has 4 heterocycles. The Balaban J connectivity index is 1.42. The second-order valence-electron chi connectivity index (χ2n) is 6.83. The molecule has 0 bridgehead atoms. The highest BCUT2D eigenvalue weighted by atomic mass is 16.2. The Morgan fingerprint density at radius 3 is 3.00 bits per heavy atom. The van der Waals surface area contributed by atoms with Gasteiger partial charge in [-0.3, -0.25) is 0 Å². The van der Waals surface area contributed by atoms with E-state index < -0.39 is 0 Å². The molecule has 0 saturated carbocycles. The van der Waals surface area contributed by atoms with Crippen molar-refractivity contribution in [3.05, 3.63) is 29.9 Å². The SMILES string of the molecule is O=C(NCc1nnc2n1CCCCC2)N1CCCC[C@@H]1c1ncc[nH]1. The highest BCUT2D eigenvalue weighted by molar-refractivity contribution is 5.74. The number of urea groups is 1. The van der Waals surface area contributed by atoms with Crippen LogP contribution in [0.15, 0.2) is 12.4 Å². The molecule has 8 nitrogen and oxygen atoms in total. The van der Waals surface area contributed by atoms with Gasteiger partial charge in [-0.2, -0.15) is 0 Å². The largest absolute Gasteiger partial charge is 0.347 e. The van der Waals surface area contributed by atoms with Gasteiger partial charge in [0.05, 0.1) is 12.6 Å². The van der Waals surface area contributed by atoms with E-state index in [4.69, 9.17) is 0 Å². The molecule has 1 saturated heterocycles. The molecule has 25 heavy (non-hydrogen) atoms. The highest BCUT2D eigenvalue weighted by Gasteiger charge is 2.29. The van der Waals surface area contributed by atoms with Crippen molar-refractivity contribution in [2.45, 2.75) is 64.1 Å². The number of H-pyrrole nitrogens is 1. The zero-order valence-electron chi connectivity index (χ0n) is 14.4. The van der Waals surface area contributed by atoms with E-state index in [1.54, 1.807) is 6.20 Å². The number of nitrogens with one attached hydrogen (secondary N) is 2. The number of piperidine rings is 1. The fraction of sp³-hybridized carbons (Fsp3) is 0.647. The maximum Gasteiger partial charge on any atom is 0.318 e. The normalized spacial score (nSPS) is 20.8. The van der Waals surface area contributed by atoms with Crippen LogP contribution in [0.25, 0.3) is 0 Å². The van der Waals surface area contributed by atoms with Gasteiger partial charge in [0.1, 0.15) is 11.6 Å². The van der Waals surface area contributed by atoms with Gasteiger partial charge in [0.15, 0.2) is 5.82 Å². The van der Waals surface area contributed by atoms with Crippen molar-refractivity contribution in [2.75, 3.05) is 6.54 Å². The number of rotatable bonds is 3. The smallest absolute Gasteiger partial charge is 0.318 e. The van der Waals surface area contributed by atoms with Crippen LogP contribution in [0.2, 0.25) is 0 Å². The summed E-state index contributed by atoms with van der Waals surface area (Å²) >= 11 is 0. The number of likely N-dealkylation sites (tertiary alicyclic amines) is 1. The van der Waals surface area contributed by atoms with Gasteiger partial charge in [-0.15, -0.1) is 10.2 Å². The van der Waals surface area contributed by atoms with Gasteiger partial charge in [-0.1, -0.05) is 6.42 Å². The minimum Gasteiger partial charge on any atom is -0.347 e. The molecule has 0 aromatic carbocycles. The molecular weight excluding hydrogens is 318 g/mol. The van der Waals surface area contributed by atoms with E-state index >= 15 is 0 Å². The number of carbonyl (C=O) groups excluding carboxylic acids is 1. The van der Waals surface area contributed by atoms with Crippen molar-refractivity contribution >= 4 is 6.03 Å². The number of fused-ring (bicyclic) bond motifs is 1. The van der Waals surface area contributed by atoms with E-state index in [-0.39, 0.29) is 12.1 Å². The molecule has 2 aliphatic heterocycles. The van der Waals surface area contributed by atoms with Crippen LogP contribution in [0.4, 0.5) is 4.79 Å². The quantitative estimate of drug-likeness (QED) is 0.893. The van der Waals surface area contributed by atoms with E-state index in [1.807, 2.05) is 11.1 Å². The van der Waals surface area contributed by atoms with Crippen molar-refractivity contribution in [2.24, 2.45) is 0 Å². The number of imidazole rings is 1. The molecule has 1 atom stereocenters. The van der Waals surface area contributed by atoms with Gasteiger partial charge < -0.3 is 19.8 Å². The Morgan fingerprint density at radius 1 is 1.20 bits per heavy atom. The van der Waals surface area contributed by atoms with E-state index in [1.165, 1.54) is 12.8 Å². The van der Waals surface area contributed by atoms with Crippen molar-refractivity contribution in [3.63, 3.8) is 0 Å². The Hall–Kier alpha value is -2.38. The van der Waals surface area contributed by atoms with Crippen LogP contribution in [0, 0.1) is 0 Å². The lowest BCUT2D eigenvalue weighted by molar-refractivity contribution is 0.147. The van der Waals surface area contributed by atoms with Crippen molar-refractivity contribution in [1.29, 1.82) is 0 Å². The lowest BCUT2D eigenvalue weighted by atomic mass is 10.0. The Bertz CT molecular complexity index is 709. The van der Waals surface area contributed by atoms with E-state index in [2.05, 4.69) is 30.0 Å². The maximum absolute atomic E-state index is 12.8. The number of hydrogen-bond donors (Lipinski definition) is 2. The third kappa shape index (κ3) is 3.38. The van der Waals surface area contributed by atoms with Gasteiger partial charge in [0, 0.05) is 31.9 Å². The number of amides is 2. The highest BCUT2D eigenvalue weighted by Crippen LogP contribution is 2.28. The molecule has 134 valence electrons. The first-order valence-electron chi connectivity index (χ1n) is 9.27. The van der Waals surface area contributed by atoms with Gasteiger partial charge >= 0.3 is 6.03 Å². The predicted molar refractivity (Wildman–Crippen MR) is 91.7 cm³/mol. The second-order valence-corrected chi connectivity index (χ2v) is 6.83. The Morgan fingerprint density at radius 2 is 2.12 bits per heavy atom. The number of aryl methyl sites for hydroxylation is 1. The third-order valence-corrected chi connectivity index (χ3v) is 5.18. The lowest BCUT2D eigenvalue weighted by Gasteiger charge is -2.34. The number of aromatic nitrogens is 5. The summed E-state index contributed by atoms with van der Waals surface area (Å²) in [5.74, 6) is 2.77. The zero-order valence-corrected chi connectivity index (χ0v) is 14.4. The molecular formula is C17H25N7O. The summed E-state index contributed by atoms with van der Waals surface area (Å²) in [6, 6.07) is -0.0219. The average Bonchev–Trinajstić information content (AvgIpc) is 3.25. The van der Waals surface area contributed by atoms with Crippen LogP contribution in [-0.2, 0) is 19.5 Å². The molecule has 2 aromatic heterocycles. The number of nitrogens with zero attached hydrogens (tertiary/aromatic N) is 5. The van der Waals surface area contributed by atoms with Crippen LogP contribution >= 0.6 is 0 Å². The van der Waals surface area contributed by atoms with Gasteiger partial charge in [0.25, 0.3) is 0 Å². The molecule has 0 aliphatic carbocycles.